The van der Waals surface area contributed by atoms with Gasteiger partial charge < -0.3 is 0 Å². The van der Waals surface area contributed by atoms with Gasteiger partial charge in [0.1, 0.15) is 0 Å². The van der Waals surface area contributed by atoms with Crippen molar-refractivity contribution in [3.8, 4) is 0 Å². The number of halogens is 4. The SMILES string of the molecule is Fc1ccc(Cn2cccc2)c(F)[c]1[Ti][c]1c(F)ccc(Cn2cccc2)c1F. The Morgan fingerprint density at radius 1 is 0.586 bits per heavy atom. The number of benzene rings is 2. The van der Waals surface area contributed by atoms with Gasteiger partial charge in [-0.2, -0.15) is 0 Å². The molecule has 0 amide bonds. The summed E-state index contributed by atoms with van der Waals surface area (Å²) in [5.74, 6) is -3.00. The molecule has 4 aromatic rings. The zero-order valence-corrected chi connectivity index (χ0v) is 16.8. The Labute approximate surface area is 174 Å². The van der Waals surface area contributed by atoms with Gasteiger partial charge >= 0.3 is 174 Å². The van der Waals surface area contributed by atoms with E-state index in [1.165, 1.54) is 24.3 Å². The minimum atomic E-state index is -1.91. The molecule has 0 atom stereocenters. The number of nitrogens with zero attached hydrogens (tertiary/aromatic N) is 2. The van der Waals surface area contributed by atoms with Crippen LogP contribution in [0.4, 0.5) is 17.6 Å². The predicted octanol–water partition coefficient (Wildman–Crippen LogP) is 3.98. The number of hydrogen-bond acceptors (Lipinski definition) is 0. The second kappa shape index (κ2) is 8.43. The molecule has 2 aromatic heterocycles. The molecule has 2 heterocycles. The van der Waals surface area contributed by atoms with Gasteiger partial charge in [-0.15, -0.1) is 0 Å². The number of hydrogen-bond donors (Lipinski definition) is 0. The van der Waals surface area contributed by atoms with Crippen LogP contribution in [-0.2, 0) is 32.2 Å². The third-order valence-corrected chi connectivity index (χ3v) is 6.84. The van der Waals surface area contributed by atoms with Crippen LogP contribution in [0.15, 0.2) is 73.3 Å². The average molecular weight is 432 g/mol. The second-order valence-electron chi connectivity index (χ2n) is 6.63. The van der Waals surface area contributed by atoms with Crippen LogP contribution in [-0.4, -0.2) is 9.13 Å². The zero-order valence-electron chi connectivity index (χ0n) is 15.2. The van der Waals surface area contributed by atoms with Crippen LogP contribution in [0.25, 0.3) is 0 Å². The first-order valence-corrected chi connectivity index (χ1v) is 10.5. The van der Waals surface area contributed by atoms with Gasteiger partial charge in [0.15, 0.2) is 0 Å². The summed E-state index contributed by atoms with van der Waals surface area (Å²) < 4.78 is 61.9. The van der Waals surface area contributed by atoms with Crippen molar-refractivity contribution in [3.63, 3.8) is 0 Å². The Hall–Kier alpha value is -2.57. The normalized spacial score (nSPS) is 11.0. The molecule has 0 fully saturated rings. The summed E-state index contributed by atoms with van der Waals surface area (Å²) >= 11 is -1.91. The third-order valence-electron chi connectivity index (χ3n) is 4.63. The fraction of sp³-hybridized carbons (Fsp3) is 0.0909. The first-order chi connectivity index (χ1) is 14.0. The van der Waals surface area contributed by atoms with Gasteiger partial charge in [0, 0.05) is 0 Å². The summed E-state index contributed by atoms with van der Waals surface area (Å²) in [6.45, 7) is 0.438. The molecule has 0 aliphatic heterocycles. The molecule has 0 spiro atoms. The van der Waals surface area contributed by atoms with E-state index in [1.807, 2.05) is 0 Å². The zero-order chi connectivity index (χ0) is 20.4. The van der Waals surface area contributed by atoms with Crippen LogP contribution in [0.2, 0.25) is 0 Å². The molecule has 0 N–H and O–H groups in total. The molecule has 0 aliphatic carbocycles. The van der Waals surface area contributed by atoms with Gasteiger partial charge in [0.05, 0.1) is 0 Å². The van der Waals surface area contributed by atoms with Gasteiger partial charge in [0.2, 0.25) is 0 Å². The molecule has 4 rings (SSSR count). The second-order valence-corrected chi connectivity index (χ2v) is 8.58. The fourth-order valence-electron chi connectivity index (χ4n) is 3.13. The maximum absolute atomic E-state index is 15.0. The topological polar surface area (TPSA) is 9.86 Å². The van der Waals surface area contributed by atoms with Crippen LogP contribution in [0, 0.1) is 23.3 Å². The van der Waals surface area contributed by atoms with Gasteiger partial charge in [-0.1, -0.05) is 0 Å². The van der Waals surface area contributed by atoms with Crippen molar-refractivity contribution < 1.29 is 36.7 Å². The predicted molar refractivity (Wildman–Crippen MR) is 99.1 cm³/mol. The standard InChI is InChI=1S/2C11H8F2N.Ti/c2*12-10-4-3-9(11(13)7-10)8-14-5-1-2-6-14;/h2*1-6H,8H2;. The summed E-state index contributed by atoms with van der Waals surface area (Å²) in [4.78, 5) is 0. The Balaban J connectivity index is 1.68. The number of aromatic nitrogens is 2. The molecule has 29 heavy (non-hydrogen) atoms. The van der Waals surface area contributed by atoms with Crippen LogP contribution < -0.4 is 7.74 Å². The van der Waals surface area contributed by atoms with Crippen LogP contribution in [0.3, 0.4) is 0 Å². The van der Waals surface area contributed by atoms with Gasteiger partial charge in [-0.05, 0) is 0 Å². The van der Waals surface area contributed by atoms with Crippen molar-refractivity contribution in [2.45, 2.75) is 13.1 Å². The van der Waals surface area contributed by atoms with Crippen molar-refractivity contribution in [1.29, 1.82) is 0 Å². The van der Waals surface area contributed by atoms with Crippen molar-refractivity contribution in [3.05, 3.63) is 108 Å². The monoisotopic (exact) mass is 432 g/mol. The first kappa shape index (κ1) is 19.7. The average Bonchev–Trinajstić information content (AvgIpc) is 3.40. The third kappa shape index (κ3) is 4.23. The van der Waals surface area contributed by atoms with Crippen LogP contribution in [0.1, 0.15) is 11.1 Å². The summed E-state index contributed by atoms with van der Waals surface area (Å²) in [5, 5.41) is 0. The maximum atomic E-state index is 15.0. The Kier molecular flexibility index (Phi) is 5.74. The van der Waals surface area contributed by atoms with Crippen molar-refractivity contribution in [2.75, 3.05) is 0 Å². The molecule has 0 saturated carbocycles. The van der Waals surface area contributed by atoms with Gasteiger partial charge in [-0.25, -0.2) is 0 Å². The molecule has 0 aliphatic rings. The Morgan fingerprint density at radius 3 is 1.34 bits per heavy atom. The van der Waals surface area contributed by atoms with E-state index in [0.29, 0.717) is 0 Å². The van der Waals surface area contributed by atoms with Crippen molar-refractivity contribution >= 4 is 7.74 Å². The van der Waals surface area contributed by atoms with Gasteiger partial charge in [-0.3, -0.25) is 0 Å². The molecule has 7 heteroatoms. The quantitative estimate of drug-likeness (QED) is 0.323. The molecule has 2 aromatic carbocycles. The van der Waals surface area contributed by atoms with E-state index in [9.17, 15) is 8.78 Å². The van der Waals surface area contributed by atoms with E-state index in [0.717, 1.165) is 0 Å². The van der Waals surface area contributed by atoms with Crippen molar-refractivity contribution in [1.82, 2.24) is 9.13 Å². The van der Waals surface area contributed by atoms with Gasteiger partial charge in [0.25, 0.3) is 0 Å². The molecular formula is C22H16F4N2Ti. The summed E-state index contributed by atoms with van der Waals surface area (Å²) in [6, 6.07) is 12.3. The number of rotatable bonds is 6. The molecule has 2 nitrogen and oxygen atoms in total. The summed E-state index contributed by atoms with van der Waals surface area (Å²) in [5.41, 5.74) is 0.566. The van der Waals surface area contributed by atoms with Crippen molar-refractivity contribution in [2.24, 2.45) is 0 Å². The van der Waals surface area contributed by atoms with E-state index >= 15 is 8.78 Å². The molecule has 0 radical (unpaired) electrons. The van der Waals surface area contributed by atoms with Crippen LogP contribution >= 0.6 is 0 Å². The van der Waals surface area contributed by atoms with E-state index in [1.54, 1.807) is 58.2 Å². The summed E-state index contributed by atoms with van der Waals surface area (Å²) in [7, 11) is 0. The molecule has 0 unspecified atom stereocenters. The Bertz CT molecular complexity index is 1030. The van der Waals surface area contributed by atoms with E-state index in [-0.39, 0.29) is 32.0 Å². The molecular weight excluding hydrogens is 416 g/mol. The summed E-state index contributed by atoms with van der Waals surface area (Å²) in [6.07, 6.45) is 7.07. The first-order valence-electron chi connectivity index (χ1n) is 8.95. The fourth-order valence-corrected chi connectivity index (χ4v) is 5.00. The molecule has 0 bridgehead atoms. The van der Waals surface area contributed by atoms with E-state index in [4.69, 9.17) is 0 Å². The van der Waals surface area contributed by atoms with Crippen LogP contribution in [0.5, 0.6) is 0 Å². The van der Waals surface area contributed by atoms with E-state index < -0.39 is 42.4 Å². The minimum absolute atomic E-state index is 0.217. The van der Waals surface area contributed by atoms with E-state index in [2.05, 4.69) is 0 Å². The molecule has 0 saturated heterocycles. The molecule has 146 valence electrons. The Morgan fingerprint density at radius 2 is 0.966 bits per heavy atom.